The first-order valence-corrected chi connectivity index (χ1v) is 6.51. The molecule has 1 atom stereocenters. The Kier molecular flexibility index (Phi) is 9.89. The Morgan fingerprint density at radius 1 is 1.33 bits per heavy atom. The Hall–Kier alpha value is -1.41. The van der Waals surface area contributed by atoms with Gasteiger partial charge in [0.1, 0.15) is 6.61 Å². The fraction of sp³-hybridized carbons (Fsp3) is 0.714. The Labute approximate surface area is 109 Å². The molecule has 0 rings (SSSR count). The fourth-order valence-electron chi connectivity index (χ4n) is 1.54. The number of isocyanates is 1. The lowest BCUT2D eigenvalue weighted by atomic mass is 10.1. The van der Waals surface area contributed by atoms with Crippen LogP contribution in [-0.4, -0.2) is 24.7 Å². The molecule has 0 radical (unpaired) electrons. The van der Waals surface area contributed by atoms with Crippen molar-refractivity contribution in [2.24, 2.45) is 4.99 Å². The summed E-state index contributed by atoms with van der Waals surface area (Å²) in [6.07, 6.45) is 8.01. The van der Waals surface area contributed by atoms with Crippen LogP contribution < -0.4 is 0 Å². The van der Waals surface area contributed by atoms with E-state index >= 15 is 0 Å². The quantitative estimate of drug-likeness (QED) is 0.197. The molecular weight excluding hydrogens is 230 g/mol. The van der Waals surface area contributed by atoms with E-state index in [0.717, 1.165) is 19.3 Å². The van der Waals surface area contributed by atoms with Crippen LogP contribution in [0.4, 0.5) is 0 Å². The summed E-state index contributed by atoms with van der Waals surface area (Å²) < 4.78 is 4.99. The Balaban J connectivity index is 3.89. The molecule has 102 valence electrons. The standard InChI is InChI=1S/C14H23NO3/c1-4-5-6-7-8-9-13(15-11-16)10-18-14(17)12(2)3/h13H,2,4-10H2,1,3H3. The highest BCUT2D eigenvalue weighted by molar-refractivity contribution is 5.86. The van der Waals surface area contributed by atoms with E-state index in [2.05, 4.69) is 18.5 Å². The van der Waals surface area contributed by atoms with E-state index in [1.54, 1.807) is 6.92 Å². The van der Waals surface area contributed by atoms with Crippen LogP contribution in [0.3, 0.4) is 0 Å². The van der Waals surface area contributed by atoms with Crippen LogP contribution in [0.15, 0.2) is 17.1 Å². The smallest absolute Gasteiger partial charge is 0.333 e. The minimum absolute atomic E-state index is 0.134. The molecule has 4 heteroatoms. The van der Waals surface area contributed by atoms with Gasteiger partial charge in [-0.2, -0.15) is 4.99 Å². The number of esters is 1. The molecule has 0 N–H and O–H groups in total. The molecule has 0 aromatic carbocycles. The van der Waals surface area contributed by atoms with Crippen LogP contribution in [0.5, 0.6) is 0 Å². The minimum atomic E-state index is -0.438. The molecule has 18 heavy (non-hydrogen) atoms. The van der Waals surface area contributed by atoms with Gasteiger partial charge in [0.2, 0.25) is 6.08 Å². The predicted molar refractivity (Wildman–Crippen MR) is 71.1 cm³/mol. The monoisotopic (exact) mass is 253 g/mol. The molecule has 0 aliphatic rings. The van der Waals surface area contributed by atoms with Crippen LogP contribution in [0.1, 0.15) is 52.4 Å². The number of nitrogens with zero attached hydrogens (tertiary/aromatic N) is 1. The highest BCUT2D eigenvalue weighted by Gasteiger charge is 2.11. The molecule has 1 unspecified atom stereocenters. The predicted octanol–water partition coefficient (Wildman–Crippen LogP) is 3.17. The number of hydrogen-bond acceptors (Lipinski definition) is 4. The first kappa shape index (κ1) is 16.6. The Morgan fingerprint density at radius 2 is 2.00 bits per heavy atom. The summed E-state index contributed by atoms with van der Waals surface area (Å²) in [5.41, 5.74) is 0.353. The van der Waals surface area contributed by atoms with Gasteiger partial charge in [0.05, 0.1) is 6.04 Å². The lowest BCUT2D eigenvalue weighted by molar-refractivity contribution is -0.139. The number of aliphatic imine (C=N–C) groups is 1. The van der Waals surface area contributed by atoms with Crippen molar-refractivity contribution in [2.45, 2.75) is 58.4 Å². The molecule has 0 aromatic heterocycles. The number of rotatable bonds is 10. The van der Waals surface area contributed by atoms with Crippen molar-refractivity contribution < 1.29 is 14.3 Å². The lowest BCUT2D eigenvalue weighted by Gasteiger charge is -2.11. The van der Waals surface area contributed by atoms with E-state index in [1.165, 1.54) is 25.3 Å². The topological polar surface area (TPSA) is 55.7 Å². The third-order valence-electron chi connectivity index (χ3n) is 2.63. The maximum atomic E-state index is 11.2. The Bertz CT molecular complexity index is 306. The largest absolute Gasteiger partial charge is 0.460 e. The first-order chi connectivity index (χ1) is 8.61. The summed E-state index contributed by atoms with van der Waals surface area (Å²) in [6.45, 7) is 7.38. The van der Waals surface area contributed by atoms with Gasteiger partial charge in [-0.15, -0.1) is 0 Å². The van der Waals surface area contributed by atoms with Crippen molar-refractivity contribution in [3.05, 3.63) is 12.2 Å². The van der Waals surface area contributed by atoms with Crippen molar-refractivity contribution in [3.8, 4) is 0 Å². The average molecular weight is 253 g/mol. The van der Waals surface area contributed by atoms with Gasteiger partial charge in [-0.05, 0) is 13.3 Å². The number of hydrogen-bond donors (Lipinski definition) is 0. The highest BCUT2D eigenvalue weighted by atomic mass is 16.5. The van der Waals surface area contributed by atoms with Gasteiger partial charge in [0, 0.05) is 5.57 Å². The van der Waals surface area contributed by atoms with E-state index in [-0.39, 0.29) is 12.6 Å². The summed E-state index contributed by atoms with van der Waals surface area (Å²) in [6, 6.07) is -0.271. The molecule has 0 aliphatic carbocycles. The number of unbranched alkanes of at least 4 members (excludes halogenated alkanes) is 4. The molecule has 0 spiro atoms. The Morgan fingerprint density at radius 3 is 2.56 bits per heavy atom. The van der Waals surface area contributed by atoms with Crippen molar-refractivity contribution in [1.82, 2.24) is 0 Å². The number of ether oxygens (including phenoxy) is 1. The van der Waals surface area contributed by atoms with Crippen LogP contribution in [0, 0.1) is 0 Å². The second-order valence-electron chi connectivity index (χ2n) is 4.46. The molecule has 0 heterocycles. The highest BCUT2D eigenvalue weighted by Crippen LogP contribution is 2.10. The SMILES string of the molecule is C=C(C)C(=O)OCC(CCCCCCC)N=C=O. The first-order valence-electron chi connectivity index (χ1n) is 6.51. The molecule has 0 amide bonds. The summed E-state index contributed by atoms with van der Waals surface area (Å²) in [4.78, 5) is 25.1. The van der Waals surface area contributed by atoms with Crippen molar-refractivity contribution in [1.29, 1.82) is 0 Å². The summed E-state index contributed by atoms with van der Waals surface area (Å²) >= 11 is 0. The van der Waals surface area contributed by atoms with Gasteiger partial charge in [0.15, 0.2) is 0 Å². The zero-order valence-corrected chi connectivity index (χ0v) is 11.4. The second-order valence-corrected chi connectivity index (χ2v) is 4.46. The third kappa shape index (κ3) is 8.71. The van der Waals surface area contributed by atoms with Gasteiger partial charge < -0.3 is 4.74 Å². The summed E-state index contributed by atoms with van der Waals surface area (Å²) in [5.74, 6) is -0.438. The molecule has 0 aliphatic heterocycles. The van der Waals surface area contributed by atoms with Gasteiger partial charge in [0.25, 0.3) is 0 Å². The zero-order valence-electron chi connectivity index (χ0n) is 11.4. The van der Waals surface area contributed by atoms with Gasteiger partial charge in [-0.1, -0.05) is 45.6 Å². The zero-order chi connectivity index (χ0) is 13.8. The van der Waals surface area contributed by atoms with E-state index in [1.807, 2.05) is 0 Å². The normalized spacial score (nSPS) is 11.4. The average Bonchev–Trinajstić information content (AvgIpc) is 2.34. The van der Waals surface area contributed by atoms with Crippen molar-refractivity contribution in [3.63, 3.8) is 0 Å². The number of carbonyl (C=O) groups is 1. The summed E-state index contributed by atoms with van der Waals surface area (Å²) in [5, 5.41) is 0. The molecule has 0 saturated heterocycles. The van der Waals surface area contributed by atoms with Gasteiger partial charge in [-0.25, -0.2) is 9.59 Å². The van der Waals surface area contributed by atoms with E-state index in [0.29, 0.717) is 5.57 Å². The van der Waals surface area contributed by atoms with Crippen molar-refractivity contribution >= 4 is 12.0 Å². The second kappa shape index (κ2) is 10.7. The van der Waals surface area contributed by atoms with Gasteiger partial charge in [-0.3, -0.25) is 0 Å². The third-order valence-corrected chi connectivity index (χ3v) is 2.63. The fourth-order valence-corrected chi connectivity index (χ4v) is 1.54. The van der Waals surface area contributed by atoms with E-state index in [4.69, 9.17) is 4.74 Å². The van der Waals surface area contributed by atoms with Gasteiger partial charge >= 0.3 is 5.97 Å². The van der Waals surface area contributed by atoms with E-state index in [9.17, 15) is 9.59 Å². The molecule has 4 nitrogen and oxygen atoms in total. The van der Waals surface area contributed by atoms with Crippen LogP contribution in [0.25, 0.3) is 0 Å². The number of carbonyl (C=O) groups excluding carboxylic acids is 2. The molecule has 0 saturated carbocycles. The van der Waals surface area contributed by atoms with Crippen LogP contribution in [0.2, 0.25) is 0 Å². The maximum Gasteiger partial charge on any atom is 0.333 e. The minimum Gasteiger partial charge on any atom is -0.460 e. The molecule has 0 aromatic rings. The summed E-state index contributed by atoms with van der Waals surface area (Å²) in [7, 11) is 0. The van der Waals surface area contributed by atoms with Crippen molar-refractivity contribution in [2.75, 3.05) is 6.61 Å². The molecule has 0 bridgehead atoms. The van der Waals surface area contributed by atoms with E-state index < -0.39 is 5.97 Å². The molecule has 0 fully saturated rings. The maximum absolute atomic E-state index is 11.2. The van der Waals surface area contributed by atoms with Crippen LogP contribution >= 0.6 is 0 Å². The lowest BCUT2D eigenvalue weighted by Crippen LogP contribution is -2.17. The van der Waals surface area contributed by atoms with Crippen LogP contribution in [-0.2, 0) is 14.3 Å². The molecular formula is C14H23NO3.